The van der Waals surface area contributed by atoms with Crippen LogP contribution in [-0.2, 0) is 9.59 Å². The number of carboxylic acid groups (broad SMARTS) is 1. The molecule has 0 spiro atoms. The van der Waals surface area contributed by atoms with E-state index in [0.717, 1.165) is 18.6 Å². The largest absolute Gasteiger partial charge is 0.481 e. The molecule has 1 saturated heterocycles. The number of hydrogen-bond acceptors (Lipinski definition) is 4. The van der Waals surface area contributed by atoms with Gasteiger partial charge in [-0.15, -0.1) is 0 Å². The summed E-state index contributed by atoms with van der Waals surface area (Å²) in [4.78, 5) is 24.7. The molecule has 0 saturated carbocycles. The Hall–Kier alpha value is -0.750. The average molecular weight is 274 g/mol. The van der Waals surface area contributed by atoms with Crippen molar-refractivity contribution < 1.29 is 14.7 Å². The van der Waals surface area contributed by atoms with Gasteiger partial charge in [0.15, 0.2) is 0 Å². The molecule has 1 amide bonds. The molecule has 3 N–H and O–H groups in total. The van der Waals surface area contributed by atoms with E-state index < -0.39 is 12.0 Å². The summed E-state index contributed by atoms with van der Waals surface area (Å²) in [5.41, 5.74) is 5.88. The van der Waals surface area contributed by atoms with Crippen LogP contribution in [0.5, 0.6) is 0 Å². The first kappa shape index (κ1) is 15.3. The number of carbonyl (C=O) groups is 2. The molecule has 1 aliphatic rings. The molecule has 1 heterocycles. The Morgan fingerprint density at radius 3 is 2.89 bits per heavy atom. The van der Waals surface area contributed by atoms with Gasteiger partial charge in [0, 0.05) is 18.1 Å². The molecule has 104 valence electrons. The van der Waals surface area contributed by atoms with E-state index >= 15 is 0 Å². The minimum atomic E-state index is -0.859. The van der Waals surface area contributed by atoms with Gasteiger partial charge in [0.05, 0.1) is 18.5 Å². The summed E-state index contributed by atoms with van der Waals surface area (Å²) >= 11 is 1.70. The third kappa shape index (κ3) is 4.49. The lowest BCUT2D eigenvalue weighted by molar-refractivity contribution is -0.140. The van der Waals surface area contributed by atoms with Gasteiger partial charge in [-0.25, -0.2) is 0 Å². The van der Waals surface area contributed by atoms with E-state index in [-0.39, 0.29) is 18.4 Å². The Bertz CT molecular complexity index is 299. The first-order chi connectivity index (χ1) is 8.56. The van der Waals surface area contributed by atoms with Gasteiger partial charge in [0.25, 0.3) is 0 Å². The van der Waals surface area contributed by atoms with Crippen LogP contribution in [0.2, 0.25) is 0 Å². The number of amides is 1. The molecule has 0 aromatic carbocycles. The minimum Gasteiger partial charge on any atom is -0.481 e. The van der Waals surface area contributed by atoms with Crippen molar-refractivity contribution in [3.8, 4) is 0 Å². The number of thioether (sulfide) groups is 1. The van der Waals surface area contributed by atoms with E-state index in [4.69, 9.17) is 10.8 Å². The van der Waals surface area contributed by atoms with Crippen LogP contribution < -0.4 is 5.73 Å². The van der Waals surface area contributed by atoms with Crippen LogP contribution in [0.1, 0.15) is 32.6 Å². The van der Waals surface area contributed by atoms with Crippen molar-refractivity contribution in [1.29, 1.82) is 0 Å². The monoisotopic (exact) mass is 274 g/mol. The van der Waals surface area contributed by atoms with Crippen molar-refractivity contribution in [2.45, 2.75) is 44.7 Å². The van der Waals surface area contributed by atoms with E-state index in [2.05, 4.69) is 6.92 Å². The molecular weight excluding hydrogens is 252 g/mol. The summed E-state index contributed by atoms with van der Waals surface area (Å²) in [6, 6.07) is -0.689. The zero-order valence-electron chi connectivity index (χ0n) is 10.8. The summed E-state index contributed by atoms with van der Waals surface area (Å²) in [5, 5.41) is 8.87. The fourth-order valence-corrected chi connectivity index (χ4v) is 3.14. The number of nitrogens with zero attached hydrogens (tertiary/aromatic N) is 1. The van der Waals surface area contributed by atoms with Crippen molar-refractivity contribution in [3.05, 3.63) is 0 Å². The average Bonchev–Trinajstić information content (AvgIpc) is 2.35. The molecule has 18 heavy (non-hydrogen) atoms. The molecule has 6 heteroatoms. The maximum Gasteiger partial charge on any atom is 0.305 e. The van der Waals surface area contributed by atoms with Crippen LogP contribution in [0.25, 0.3) is 0 Å². The van der Waals surface area contributed by atoms with Gasteiger partial charge in [-0.3, -0.25) is 9.59 Å². The highest BCUT2D eigenvalue weighted by Gasteiger charge is 2.31. The third-order valence-corrected chi connectivity index (χ3v) is 4.20. The Morgan fingerprint density at radius 2 is 2.28 bits per heavy atom. The van der Waals surface area contributed by atoms with Crippen molar-refractivity contribution in [2.75, 3.05) is 18.1 Å². The fraction of sp³-hybridized carbons (Fsp3) is 0.833. The maximum absolute atomic E-state index is 12.2. The van der Waals surface area contributed by atoms with Crippen molar-refractivity contribution in [2.24, 2.45) is 5.73 Å². The van der Waals surface area contributed by atoms with Gasteiger partial charge in [0.2, 0.25) is 5.91 Å². The standard InChI is InChI=1S/C12H22N2O3S/c1-2-3-4-10(13)12(17)14-5-6-18-8-9(14)7-11(15)16/h9-10H,2-8,13H2,1H3,(H,15,16). The Balaban J connectivity index is 2.58. The summed E-state index contributed by atoms with van der Waals surface area (Å²) in [7, 11) is 0. The molecule has 2 atom stereocenters. The number of carboxylic acids is 1. The van der Waals surface area contributed by atoms with Gasteiger partial charge in [0.1, 0.15) is 0 Å². The van der Waals surface area contributed by atoms with Crippen molar-refractivity contribution in [1.82, 2.24) is 4.90 Å². The zero-order valence-corrected chi connectivity index (χ0v) is 11.6. The summed E-state index contributed by atoms with van der Waals surface area (Å²) in [6.07, 6.45) is 2.63. The van der Waals surface area contributed by atoms with Crippen LogP contribution in [0.15, 0.2) is 0 Å². The molecule has 0 bridgehead atoms. The molecule has 0 aromatic rings. The summed E-state index contributed by atoms with van der Waals surface area (Å²) in [5.74, 6) is 0.610. The summed E-state index contributed by atoms with van der Waals surface area (Å²) in [6.45, 7) is 2.67. The highest BCUT2D eigenvalue weighted by atomic mass is 32.2. The SMILES string of the molecule is CCCCC(N)C(=O)N1CCSCC1CC(=O)O. The Kier molecular flexibility index (Phi) is 6.49. The zero-order chi connectivity index (χ0) is 13.5. The van der Waals surface area contributed by atoms with E-state index in [1.165, 1.54) is 0 Å². The lowest BCUT2D eigenvalue weighted by Crippen LogP contribution is -2.52. The van der Waals surface area contributed by atoms with Crippen LogP contribution >= 0.6 is 11.8 Å². The fourth-order valence-electron chi connectivity index (χ4n) is 2.08. The lowest BCUT2D eigenvalue weighted by Gasteiger charge is -2.36. The first-order valence-corrected chi connectivity index (χ1v) is 7.57. The second-order valence-electron chi connectivity index (χ2n) is 4.61. The molecule has 0 aliphatic carbocycles. The topological polar surface area (TPSA) is 83.6 Å². The molecule has 5 nitrogen and oxygen atoms in total. The van der Waals surface area contributed by atoms with Crippen LogP contribution in [0.4, 0.5) is 0 Å². The van der Waals surface area contributed by atoms with E-state index in [0.29, 0.717) is 18.7 Å². The molecule has 0 radical (unpaired) electrons. The number of rotatable bonds is 6. The Morgan fingerprint density at radius 1 is 1.56 bits per heavy atom. The molecule has 1 rings (SSSR count). The predicted molar refractivity (Wildman–Crippen MR) is 72.6 cm³/mol. The van der Waals surface area contributed by atoms with E-state index in [1.807, 2.05) is 0 Å². The van der Waals surface area contributed by atoms with Crippen molar-refractivity contribution in [3.63, 3.8) is 0 Å². The van der Waals surface area contributed by atoms with Crippen LogP contribution in [0, 0.1) is 0 Å². The van der Waals surface area contributed by atoms with Gasteiger partial charge in [-0.2, -0.15) is 11.8 Å². The van der Waals surface area contributed by atoms with Gasteiger partial charge >= 0.3 is 5.97 Å². The smallest absolute Gasteiger partial charge is 0.305 e. The van der Waals surface area contributed by atoms with Gasteiger partial charge in [-0.05, 0) is 6.42 Å². The number of unbranched alkanes of at least 4 members (excludes halogenated alkanes) is 1. The Labute approximate surface area is 112 Å². The van der Waals surface area contributed by atoms with E-state index in [1.54, 1.807) is 16.7 Å². The number of aliphatic carboxylic acids is 1. The quantitative estimate of drug-likeness (QED) is 0.752. The number of nitrogens with two attached hydrogens (primary N) is 1. The highest BCUT2D eigenvalue weighted by molar-refractivity contribution is 7.99. The molecule has 0 aromatic heterocycles. The van der Waals surface area contributed by atoms with Gasteiger partial charge < -0.3 is 15.7 Å². The first-order valence-electron chi connectivity index (χ1n) is 6.41. The molecule has 1 fully saturated rings. The molecule has 2 unspecified atom stereocenters. The second-order valence-corrected chi connectivity index (χ2v) is 5.76. The summed E-state index contributed by atoms with van der Waals surface area (Å²) < 4.78 is 0. The lowest BCUT2D eigenvalue weighted by atomic mass is 10.1. The number of carbonyl (C=O) groups excluding carboxylic acids is 1. The second kappa shape index (κ2) is 7.63. The normalized spacial score (nSPS) is 21.7. The van der Waals surface area contributed by atoms with Gasteiger partial charge in [-0.1, -0.05) is 19.8 Å². The van der Waals surface area contributed by atoms with E-state index in [9.17, 15) is 9.59 Å². The molecular formula is C12H22N2O3S. The molecule has 1 aliphatic heterocycles. The third-order valence-electron chi connectivity index (χ3n) is 3.11. The minimum absolute atomic E-state index is 0.0131. The van der Waals surface area contributed by atoms with Crippen LogP contribution in [0.3, 0.4) is 0 Å². The van der Waals surface area contributed by atoms with Crippen molar-refractivity contribution >= 4 is 23.6 Å². The van der Waals surface area contributed by atoms with Crippen LogP contribution in [-0.4, -0.2) is 52.0 Å². The maximum atomic E-state index is 12.2. The number of hydrogen-bond donors (Lipinski definition) is 2. The highest BCUT2D eigenvalue weighted by Crippen LogP contribution is 2.20. The predicted octanol–water partition coefficient (Wildman–Crippen LogP) is 0.923.